The van der Waals surface area contributed by atoms with E-state index in [1.165, 1.54) is 6.20 Å². The molecule has 0 spiro atoms. The molecule has 0 amide bonds. The van der Waals surface area contributed by atoms with E-state index < -0.39 is 11.5 Å². The summed E-state index contributed by atoms with van der Waals surface area (Å²) in [7, 11) is 0. The lowest BCUT2D eigenvalue weighted by Crippen LogP contribution is -2.25. The molecule has 0 unspecified atom stereocenters. The number of nitrogens with zero attached hydrogens (tertiary/aromatic N) is 2. The number of esters is 1. The first-order valence-electron chi connectivity index (χ1n) is 5.23. The molecule has 0 saturated heterocycles. The molecule has 0 radical (unpaired) electrons. The fraction of sp³-hybridized carbons (Fsp3) is 0.0833. The van der Waals surface area contributed by atoms with Gasteiger partial charge in [-0.3, -0.25) is 4.79 Å². The first-order chi connectivity index (χ1) is 9.09. The van der Waals surface area contributed by atoms with Crippen LogP contribution in [0.5, 0.6) is 0 Å². The summed E-state index contributed by atoms with van der Waals surface area (Å²) in [5.41, 5.74) is -0.231. The van der Waals surface area contributed by atoms with E-state index in [-0.39, 0.29) is 16.8 Å². The summed E-state index contributed by atoms with van der Waals surface area (Å²) < 4.78 is 5.86. The Morgan fingerprint density at radius 3 is 2.63 bits per heavy atom. The minimum Gasteiger partial charge on any atom is -0.439 e. The lowest BCUT2D eigenvalue weighted by atomic mass is 10.2. The molecule has 19 heavy (non-hydrogen) atoms. The van der Waals surface area contributed by atoms with Crippen LogP contribution in [0, 0.1) is 0 Å². The molecule has 0 atom stereocenters. The Morgan fingerprint density at radius 1 is 1.26 bits per heavy atom. The van der Waals surface area contributed by atoms with E-state index in [9.17, 15) is 9.59 Å². The Morgan fingerprint density at radius 2 is 1.95 bits per heavy atom. The maximum Gasteiger partial charge on any atom is 0.339 e. The van der Waals surface area contributed by atoms with Gasteiger partial charge in [0.2, 0.25) is 0 Å². The number of aromatic nitrogens is 2. The zero-order valence-electron chi connectivity index (χ0n) is 9.55. The number of ether oxygens (including phenoxy) is 1. The molecule has 1 aromatic carbocycles. The predicted octanol–water partition coefficient (Wildman–Crippen LogP) is 2.36. The van der Waals surface area contributed by atoms with E-state index in [1.54, 1.807) is 30.3 Å². The second-order valence-electron chi connectivity index (χ2n) is 3.54. The molecule has 0 aliphatic carbocycles. The van der Waals surface area contributed by atoms with Crippen molar-refractivity contribution in [2.75, 3.05) is 0 Å². The number of hydrogen-bond donors (Lipinski definition) is 0. The van der Waals surface area contributed by atoms with E-state index in [4.69, 9.17) is 27.9 Å². The van der Waals surface area contributed by atoms with Crippen molar-refractivity contribution in [1.29, 1.82) is 0 Å². The summed E-state index contributed by atoms with van der Waals surface area (Å²) in [4.78, 5) is 23.3. The first-order valence-corrected chi connectivity index (χ1v) is 5.98. The van der Waals surface area contributed by atoms with Crippen LogP contribution in [0.25, 0.3) is 0 Å². The first kappa shape index (κ1) is 13.6. The van der Waals surface area contributed by atoms with Gasteiger partial charge in [-0.05, 0) is 12.1 Å². The van der Waals surface area contributed by atoms with Gasteiger partial charge in [0.15, 0.2) is 6.73 Å². The largest absolute Gasteiger partial charge is 0.439 e. The van der Waals surface area contributed by atoms with Crippen molar-refractivity contribution in [3.63, 3.8) is 0 Å². The summed E-state index contributed by atoms with van der Waals surface area (Å²) in [6, 6.07) is 8.41. The smallest absolute Gasteiger partial charge is 0.339 e. The maximum atomic E-state index is 11.7. The number of benzene rings is 1. The molecular formula is C12H8Cl2N2O3. The molecule has 0 bridgehead atoms. The molecule has 1 aromatic heterocycles. The molecule has 2 aromatic rings. The van der Waals surface area contributed by atoms with Gasteiger partial charge in [-0.15, -0.1) is 0 Å². The van der Waals surface area contributed by atoms with Crippen molar-refractivity contribution >= 4 is 29.2 Å². The van der Waals surface area contributed by atoms with Crippen LogP contribution in [0.1, 0.15) is 10.4 Å². The molecular weight excluding hydrogens is 291 g/mol. The standard InChI is InChI=1S/C12H8Cl2N2O3/c13-9-6-15-16(11(17)10(9)14)7-19-12(18)8-4-2-1-3-5-8/h1-6H,7H2. The highest BCUT2D eigenvalue weighted by Crippen LogP contribution is 2.14. The summed E-state index contributed by atoms with van der Waals surface area (Å²) in [6.45, 7) is -0.330. The summed E-state index contributed by atoms with van der Waals surface area (Å²) >= 11 is 11.3. The third kappa shape index (κ3) is 3.13. The second kappa shape index (κ2) is 5.86. The van der Waals surface area contributed by atoms with E-state index >= 15 is 0 Å². The predicted molar refractivity (Wildman–Crippen MR) is 70.4 cm³/mol. The molecule has 0 N–H and O–H groups in total. The maximum absolute atomic E-state index is 11.7. The van der Waals surface area contributed by atoms with Crippen molar-refractivity contribution in [1.82, 2.24) is 9.78 Å². The van der Waals surface area contributed by atoms with Gasteiger partial charge < -0.3 is 4.74 Å². The van der Waals surface area contributed by atoms with Crippen LogP contribution in [0.2, 0.25) is 10.0 Å². The monoisotopic (exact) mass is 298 g/mol. The van der Waals surface area contributed by atoms with E-state index in [2.05, 4.69) is 5.10 Å². The average molecular weight is 299 g/mol. The van der Waals surface area contributed by atoms with Crippen LogP contribution in [-0.2, 0) is 11.5 Å². The van der Waals surface area contributed by atoms with Crippen molar-refractivity contribution in [3.8, 4) is 0 Å². The van der Waals surface area contributed by atoms with Crippen LogP contribution in [0.15, 0.2) is 41.3 Å². The molecule has 7 heteroatoms. The molecule has 5 nitrogen and oxygen atoms in total. The summed E-state index contributed by atoms with van der Waals surface area (Å²) in [6.07, 6.45) is 1.21. The van der Waals surface area contributed by atoms with Gasteiger partial charge in [0, 0.05) is 0 Å². The number of halogens is 2. The molecule has 0 fully saturated rings. The number of hydrogen-bond acceptors (Lipinski definition) is 4. The topological polar surface area (TPSA) is 61.2 Å². The minimum absolute atomic E-state index is 0.0531. The van der Waals surface area contributed by atoms with Gasteiger partial charge in [-0.25, -0.2) is 4.79 Å². The second-order valence-corrected chi connectivity index (χ2v) is 4.32. The van der Waals surface area contributed by atoms with Gasteiger partial charge in [-0.1, -0.05) is 41.4 Å². The lowest BCUT2D eigenvalue weighted by Gasteiger charge is -2.06. The summed E-state index contributed by atoms with van der Waals surface area (Å²) in [5, 5.41) is 3.61. The molecule has 0 saturated carbocycles. The van der Waals surface area contributed by atoms with Crippen molar-refractivity contribution in [2.24, 2.45) is 0 Å². The Labute approximate surface area is 118 Å². The van der Waals surface area contributed by atoms with Gasteiger partial charge in [0.05, 0.1) is 16.8 Å². The summed E-state index contributed by atoms with van der Waals surface area (Å²) in [5.74, 6) is -0.555. The Bertz CT molecular complexity index is 656. The number of carbonyl (C=O) groups is 1. The normalized spacial score (nSPS) is 10.2. The molecule has 0 aliphatic rings. The quantitative estimate of drug-likeness (QED) is 0.816. The van der Waals surface area contributed by atoms with Gasteiger partial charge in [0.25, 0.3) is 5.56 Å². The van der Waals surface area contributed by atoms with E-state index in [0.717, 1.165) is 4.68 Å². The highest BCUT2D eigenvalue weighted by atomic mass is 35.5. The Hall–Kier alpha value is -1.85. The highest BCUT2D eigenvalue weighted by molar-refractivity contribution is 6.41. The van der Waals surface area contributed by atoms with Crippen LogP contribution < -0.4 is 5.56 Å². The molecule has 2 rings (SSSR count). The van der Waals surface area contributed by atoms with Crippen LogP contribution in [0.3, 0.4) is 0 Å². The number of rotatable bonds is 3. The van der Waals surface area contributed by atoms with Crippen LogP contribution >= 0.6 is 23.2 Å². The Kier molecular flexibility index (Phi) is 4.19. The van der Waals surface area contributed by atoms with Crippen molar-refractivity contribution in [2.45, 2.75) is 6.73 Å². The van der Waals surface area contributed by atoms with Gasteiger partial charge >= 0.3 is 5.97 Å². The third-order valence-electron chi connectivity index (χ3n) is 2.27. The Balaban J connectivity index is 2.10. The SMILES string of the molecule is O=C(OCn1ncc(Cl)c(Cl)c1=O)c1ccccc1. The van der Waals surface area contributed by atoms with Crippen molar-refractivity contribution in [3.05, 3.63) is 62.5 Å². The molecule has 1 heterocycles. The van der Waals surface area contributed by atoms with Crippen LogP contribution in [-0.4, -0.2) is 15.7 Å². The van der Waals surface area contributed by atoms with E-state index in [1.807, 2.05) is 0 Å². The van der Waals surface area contributed by atoms with E-state index in [0.29, 0.717) is 5.56 Å². The number of carbonyl (C=O) groups excluding carboxylic acids is 1. The zero-order valence-corrected chi connectivity index (χ0v) is 11.1. The fourth-order valence-electron chi connectivity index (χ4n) is 1.31. The molecule has 98 valence electrons. The lowest BCUT2D eigenvalue weighted by molar-refractivity contribution is 0.0340. The van der Waals surface area contributed by atoms with Gasteiger partial charge in [-0.2, -0.15) is 9.78 Å². The molecule has 0 aliphatic heterocycles. The average Bonchev–Trinajstić information content (AvgIpc) is 2.45. The van der Waals surface area contributed by atoms with Crippen molar-refractivity contribution < 1.29 is 9.53 Å². The van der Waals surface area contributed by atoms with Crippen LogP contribution in [0.4, 0.5) is 0 Å². The van der Waals surface area contributed by atoms with Gasteiger partial charge in [0.1, 0.15) is 5.02 Å². The minimum atomic E-state index is -0.616. The fourth-order valence-corrected chi connectivity index (χ4v) is 1.59. The third-order valence-corrected chi connectivity index (χ3v) is 3.02. The zero-order chi connectivity index (χ0) is 13.8. The highest BCUT2D eigenvalue weighted by Gasteiger charge is 2.10.